The van der Waals surface area contributed by atoms with Crippen LogP contribution in [-0.4, -0.2) is 24.4 Å². The molecular weight excluding hydrogens is 219 g/mol. The van der Waals surface area contributed by atoms with E-state index in [2.05, 4.69) is 0 Å². The van der Waals surface area contributed by atoms with Gasteiger partial charge in [0.25, 0.3) is 0 Å². The number of rotatable bonds is 2. The SMILES string of the molecule is CC(OC1CC(N)C12CCCC2)C(F)(F)F. The minimum Gasteiger partial charge on any atom is -0.365 e. The van der Waals surface area contributed by atoms with Crippen molar-refractivity contribution in [1.29, 1.82) is 0 Å². The molecule has 0 aromatic carbocycles. The summed E-state index contributed by atoms with van der Waals surface area (Å²) in [6, 6.07) is 0.0282. The minimum absolute atomic E-state index is 0.0282. The summed E-state index contributed by atoms with van der Waals surface area (Å²) in [5.74, 6) is 0. The second kappa shape index (κ2) is 3.88. The van der Waals surface area contributed by atoms with Gasteiger partial charge >= 0.3 is 6.18 Å². The highest BCUT2D eigenvalue weighted by molar-refractivity contribution is 5.08. The maximum Gasteiger partial charge on any atom is 0.414 e. The third-order valence-electron chi connectivity index (χ3n) is 4.21. The molecule has 0 aromatic heterocycles. The van der Waals surface area contributed by atoms with Gasteiger partial charge in [-0.15, -0.1) is 0 Å². The Morgan fingerprint density at radius 2 is 1.88 bits per heavy atom. The van der Waals surface area contributed by atoms with Crippen molar-refractivity contribution >= 4 is 0 Å². The van der Waals surface area contributed by atoms with Crippen LogP contribution in [0.25, 0.3) is 0 Å². The molecule has 0 radical (unpaired) electrons. The standard InChI is InChI=1S/C11H18F3NO/c1-7(11(12,13)14)16-9-6-8(15)10(9)4-2-3-5-10/h7-9H,2-6,15H2,1H3. The lowest BCUT2D eigenvalue weighted by molar-refractivity contribution is -0.257. The highest BCUT2D eigenvalue weighted by atomic mass is 19.4. The maximum atomic E-state index is 12.4. The molecule has 2 nitrogen and oxygen atoms in total. The van der Waals surface area contributed by atoms with E-state index < -0.39 is 12.3 Å². The lowest BCUT2D eigenvalue weighted by atomic mass is 9.61. The summed E-state index contributed by atoms with van der Waals surface area (Å²) in [7, 11) is 0. The fraction of sp³-hybridized carbons (Fsp3) is 1.00. The lowest BCUT2D eigenvalue weighted by Gasteiger charge is -2.53. The highest BCUT2D eigenvalue weighted by Gasteiger charge is 2.56. The van der Waals surface area contributed by atoms with E-state index in [0.717, 1.165) is 32.6 Å². The molecule has 94 valence electrons. The predicted octanol–water partition coefficient (Wildman–Crippen LogP) is 2.61. The molecule has 2 aliphatic rings. The van der Waals surface area contributed by atoms with Crippen LogP contribution in [0.3, 0.4) is 0 Å². The molecule has 16 heavy (non-hydrogen) atoms. The van der Waals surface area contributed by atoms with Gasteiger partial charge in [0.15, 0.2) is 6.10 Å². The largest absolute Gasteiger partial charge is 0.414 e. The Kier molecular flexibility index (Phi) is 2.95. The average molecular weight is 237 g/mol. The zero-order valence-corrected chi connectivity index (χ0v) is 9.39. The number of nitrogens with two attached hydrogens (primary N) is 1. The first kappa shape index (κ1) is 12.2. The van der Waals surface area contributed by atoms with Gasteiger partial charge < -0.3 is 10.5 Å². The van der Waals surface area contributed by atoms with Crippen LogP contribution < -0.4 is 5.73 Å². The van der Waals surface area contributed by atoms with Gasteiger partial charge in [-0.3, -0.25) is 0 Å². The van der Waals surface area contributed by atoms with E-state index in [0.29, 0.717) is 6.42 Å². The first-order chi connectivity index (χ1) is 7.36. The number of halogens is 3. The van der Waals surface area contributed by atoms with Gasteiger partial charge in [0.05, 0.1) is 6.10 Å². The van der Waals surface area contributed by atoms with E-state index in [-0.39, 0.29) is 17.6 Å². The van der Waals surface area contributed by atoms with Gasteiger partial charge in [-0.1, -0.05) is 12.8 Å². The monoisotopic (exact) mass is 237 g/mol. The zero-order valence-electron chi connectivity index (χ0n) is 9.39. The van der Waals surface area contributed by atoms with Gasteiger partial charge in [-0.25, -0.2) is 0 Å². The molecule has 0 amide bonds. The Balaban J connectivity index is 1.97. The Labute approximate surface area is 93.3 Å². The molecule has 1 spiro atoms. The average Bonchev–Trinajstić information content (AvgIpc) is 2.66. The molecule has 2 rings (SSSR count). The quantitative estimate of drug-likeness (QED) is 0.801. The Morgan fingerprint density at radius 1 is 1.31 bits per heavy atom. The van der Waals surface area contributed by atoms with Crippen LogP contribution in [0.1, 0.15) is 39.0 Å². The Bertz CT molecular complexity index is 260. The summed E-state index contributed by atoms with van der Waals surface area (Å²) < 4.78 is 42.3. The molecule has 3 atom stereocenters. The van der Waals surface area contributed by atoms with Crippen molar-refractivity contribution in [2.75, 3.05) is 0 Å². The van der Waals surface area contributed by atoms with Crippen molar-refractivity contribution < 1.29 is 17.9 Å². The van der Waals surface area contributed by atoms with Crippen molar-refractivity contribution in [1.82, 2.24) is 0 Å². The molecule has 2 aliphatic carbocycles. The molecular formula is C11H18F3NO. The fourth-order valence-corrected chi connectivity index (χ4v) is 3.02. The van der Waals surface area contributed by atoms with Crippen molar-refractivity contribution in [2.24, 2.45) is 11.1 Å². The van der Waals surface area contributed by atoms with Crippen LogP contribution in [0.4, 0.5) is 13.2 Å². The van der Waals surface area contributed by atoms with Crippen LogP contribution >= 0.6 is 0 Å². The lowest BCUT2D eigenvalue weighted by Crippen LogP contribution is -2.62. The van der Waals surface area contributed by atoms with Gasteiger partial charge in [0.2, 0.25) is 0 Å². The van der Waals surface area contributed by atoms with Gasteiger partial charge in [0, 0.05) is 11.5 Å². The predicted molar refractivity (Wildman–Crippen MR) is 53.9 cm³/mol. The fourth-order valence-electron chi connectivity index (χ4n) is 3.02. The summed E-state index contributed by atoms with van der Waals surface area (Å²) >= 11 is 0. The topological polar surface area (TPSA) is 35.2 Å². The van der Waals surface area contributed by atoms with Crippen molar-refractivity contribution in [3.8, 4) is 0 Å². The van der Waals surface area contributed by atoms with E-state index >= 15 is 0 Å². The van der Waals surface area contributed by atoms with Gasteiger partial charge in [0.1, 0.15) is 0 Å². The van der Waals surface area contributed by atoms with Crippen molar-refractivity contribution in [3.63, 3.8) is 0 Å². The second-order valence-electron chi connectivity index (χ2n) is 5.09. The summed E-state index contributed by atoms with van der Waals surface area (Å²) in [6.45, 7) is 1.08. The molecule has 0 saturated heterocycles. The van der Waals surface area contributed by atoms with E-state index in [1.54, 1.807) is 0 Å². The molecule has 2 saturated carbocycles. The van der Waals surface area contributed by atoms with Crippen molar-refractivity contribution in [3.05, 3.63) is 0 Å². The van der Waals surface area contributed by atoms with Crippen LogP contribution in [0, 0.1) is 5.41 Å². The van der Waals surface area contributed by atoms with Crippen LogP contribution in [-0.2, 0) is 4.74 Å². The maximum absolute atomic E-state index is 12.4. The van der Waals surface area contributed by atoms with Gasteiger partial charge in [-0.05, 0) is 26.2 Å². The molecule has 5 heteroatoms. The summed E-state index contributed by atoms with van der Waals surface area (Å²) in [5, 5.41) is 0. The summed E-state index contributed by atoms with van der Waals surface area (Å²) in [4.78, 5) is 0. The van der Waals surface area contributed by atoms with E-state index in [1.165, 1.54) is 0 Å². The van der Waals surface area contributed by atoms with Gasteiger partial charge in [-0.2, -0.15) is 13.2 Å². The highest BCUT2D eigenvalue weighted by Crippen LogP contribution is 2.54. The molecule has 0 bridgehead atoms. The normalized spacial score (nSPS) is 35.1. The van der Waals surface area contributed by atoms with Crippen LogP contribution in [0.5, 0.6) is 0 Å². The molecule has 0 aromatic rings. The van der Waals surface area contributed by atoms with Crippen LogP contribution in [0.15, 0.2) is 0 Å². The molecule has 3 unspecified atom stereocenters. The third kappa shape index (κ3) is 1.84. The first-order valence-corrected chi connectivity index (χ1v) is 5.84. The second-order valence-corrected chi connectivity index (χ2v) is 5.09. The first-order valence-electron chi connectivity index (χ1n) is 5.84. The zero-order chi connectivity index (χ0) is 12.0. The Morgan fingerprint density at radius 3 is 2.31 bits per heavy atom. The van der Waals surface area contributed by atoms with Crippen molar-refractivity contribution in [2.45, 2.75) is 63.5 Å². The molecule has 2 fully saturated rings. The summed E-state index contributed by atoms with van der Waals surface area (Å²) in [6.07, 6.45) is -1.70. The molecule has 0 aliphatic heterocycles. The van der Waals surface area contributed by atoms with E-state index in [4.69, 9.17) is 10.5 Å². The number of alkyl halides is 3. The minimum atomic E-state index is -4.26. The number of ether oxygens (including phenoxy) is 1. The summed E-state index contributed by atoms with van der Waals surface area (Å²) in [5.41, 5.74) is 5.78. The van der Waals surface area contributed by atoms with E-state index in [1.807, 2.05) is 0 Å². The Hall–Kier alpha value is -0.290. The number of hydrogen-bond donors (Lipinski definition) is 1. The smallest absolute Gasteiger partial charge is 0.365 e. The number of hydrogen-bond acceptors (Lipinski definition) is 2. The van der Waals surface area contributed by atoms with E-state index in [9.17, 15) is 13.2 Å². The molecule has 2 N–H and O–H groups in total. The third-order valence-corrected chi connectivity index (χ3v) is 4.21. The molecule has 0 heterocycles. The van der Waals surface area contributed by atoms with Crippen LogP contribution in [0.2, 0.25) is 0 Å².